The lowest BCUT2D eigenvalue weighted by Gasteiger charge is -2.08. The van der Waals surface area contributed by atoms with Gasteiger partial charge in [-0.25, -0.2) is 0 Å². The Balaban J connectivity index is 2.07. The number of nitriles is 1. The monoisotopic (exact) mass is 305 g/mol. The number of carbonyl (C=O) groups excluding carboxylic acids is 1. The van der Waals surface area contributed by atoms with Crippen molar-refractivity contribution in [3.63, 3.8) is 0 Å². The maximum Gasteiger partial charge on any atom is 0.267 e. The van der Waals surface area contributed by atoms with Crippen LogP contribution in [0.25, 0.3) is 0 Å². The predicted octanol–water partition coefficient (Wildman–Crippen LogP) is 4.02. The Morgan fingerprint density at radius 2 is 1.87 bits per heavy atom. The summed E-state index contributed by atoms with van der Waals surface area (Å²) in [6, 6.07) is 17.2. The molecule has 2 rings (SSSR count). The van der Waals surface area contributed by atoms with E-state index in [1.807, 2.05) is 55.5 Å². The van der Waals surface area contributed by atoms with E-state index in [0.717, 1.165) is 17.7 Å². The molecule has 0 bridgehead atoms. The van der Waals surface area contributed by atoms with E-state index in [-0.39, 0.29) is 5.57 Å². The van der Waals surface area contributed by atoms with E-state index in [9.17, 15) is 10.1 Å². The minimum Gasteiger partial charge on any atom is -0.360 e. The van der Waals surface area contributed by atoms with Crippen LogP contribution in [-0.4, -0.2) is 5.91 Å². The molecule has 2 aromatic rings. The summed E-state index contributed by atoms with van der Waals surface area (Å²) < 4.78 is 0. The summed E-state index contributed by atoms with van der Waals surface area (Å²) in [5.74, 6) is -0.431. The number of anilines is 2. The molecule has 0 saturated heterocycles. The molecule has 0 unspecified atom stereocenters. The van der Waals surface area contributed by atoms with Crippen molar-refractivity contribution in [1.82, 2.24) is 0 Å². The molecule has 116 valence electrons. The Morgan fingerprint density at radius 3 is 2.48 bits per heavy atom. The normalized spacial score (nSPS) is 10.7. The Morgan fingerprint density at radius 1 is 1.17 bits per heavy atom. The van der Waals surface area contributed by atoms with E-state index in [2.05, 4.69) is 17.6 Å². The molecule has 0 heterocycles. The number of aryl methyl sites for hydroxylation is 2. The van der Waals surface area contributed by atoms with Gasteiger partial charge in [0.05, 0.1) is 0 Å². The third-order valence-corrected chi connectivity index (χ3v) is 3.50. The van der Waals surface area contributed by atoms with Gasteiger partial charge in [0.1, 0.15) is 11.6 Å². The van der Waals surface area contributed by atoms with Crippen LogP contribution in [-0.2, 0) is 11.2 Å². The summed E-state index contributed by atoms with van der Waals surface area (Å²) in [5.41, 5.74) is 3.73. The molecule has 23 heavy (non-hydrogen) atoms. The highest BCUT2D eigenvalue weighted by atomic mass is 16.1. The van der Waals surface area contributed by atoms with Crippen LogP contribution >= 0.6 is 0 Å². The van der Waals surface area contributed by atoms with Crippen LogP contribution in [0.15, 0.2) is 60.3 Å². The number of nitrogens with zero attached hydrogens (tertiary/aromatic N) is 1. The van der Waals surface area contributed by atoms with Crippen molar-refractivity contribution in [2.24, 2.45) is 0 Å². The molecule has 0 aliphatic heterocycles. The van der Waals surface area contributed by atoms with Gasteiger partial charge in [0.25, 0.3) is 5.91 Å². The summed E-state index contributed by atoms with van der Waals surface area (Å²) in [6.45, 7) is 3.99. The van der Waals surface area contributed by atoms with Gasteiger partial charge in [0.2, 0.25) is 0 Å². The highest BCUT2D eigenvalue weighted by Crippen LogP contribution is 2.15. The Kier molecular flexibility index (Phi) is 5.54. The van der Waals surface area contributed by atoms with Crippen LogP contribution in [0.3, 0.4) is 0 Å². The van der Waals surface area contributed by atoms with E-state index < -0.39 is 5.91 Å². The first-order valence-corrected chi connectivity index (χ1v) is 7.46. The predicted molar refractivity (Wildman–Crippen MR) is 92.9 cm³/mol. The Bertz CT molecular complexity index is 755. The van der Waals surface area contributed by atoms with Gasteiger partial charge in [-0.3, -0.25) is 4.79 Å². The van der Waals surface area contributed by atoms with E-state index >= 15 is 0 Å². The van der Waals surface area contributed by atoms with Gasteiger partial charge in [-0.1, -0.05) is 37.3 Å². The van der Waals surface area contributed by atoms with E-state index in [1.54, 1.807) is 6.07 Å². The second kappa shape index (κ2) is 7.81. The molecule has 0 aliphatic carbocycles. The Labute approximate surface area is 136 Å². The van der Waals surface area contributed by atoms with Crippen molar-refractivity contribution in [1.29, 1.82) is 5.26 Å². The molecule has 0 spiro atoms. The van der Waals surface area contributed by atoms with Crippen molar-refractivity contribution in [3.05, 3.63) is 71.4 Å². The molecule has 2 aromatic carbocycles. The molecule has 0 aromatic heterocycles. The number of para-hydroxylation sites is 1. The fourth-order valence-electron chi connectivity index (χ4n) is 2.04. The molecular weight excluding hydrogens is 286 g/mol. The van der Waals surface area contributed by atoms with E-state index in [4.69, 9.17) is 0 Å². The largest absolute Gasteiger partial charge is 0.360 e. The van der Waals surface area contributed by atoms with Crippen LogP contribution < -0.4 is 10.6 Å². The first-order chi connectivity index (χ1) is 11.1. The van der Waals surface area contributed by atoms with Gasteiger partial charge in [-0.05, 0) is 42.7 Å². The zero-order valence-corrected chi connectivity index (χ0v) is 13.3. The van der Waals surface area contributed by atoms with Crippen molar-refractivity contribution in [2.75, 3.05) is 10.6 Å². The highest BCUT2D eigenvalue weighted by Gasteiger charge is 2.10. The SMILES string of the molecule is CCc1ccc(N/C=C(/C#N)C(=O)Nc2ccccc2C)cc1. The molecule has 0 saturated carbocycles. The fraction of sp³-hybridized carbons (Fsp3) is 0.158. The quantitative estimate of drug-likeness (QED) is 0.648. The van der Waals surface area contributed by atoms with Crippen LogP contribution in [0.5, 0.6) is 0 Å². The third-order valence-electron chi connectivity index (χ3n) is 3.50. The van der Waals surface area contributed by atoms with Gasteiger partial charge in [0, 0.05) is 17.6 Å². The van der Waals surface area contributed by atoms with Crippen LogP contribution in [0.2, 0.25) is 0 Å². The smallest absolute Gasteiger partial charge is 0.267 e. The summed E-state index contributed by atoms with van der Waals surface area (Å²) >= 11 is 0. The number of hydrogen-bond donors (Lipinski definition) is 2. The average molecular weight is 305 g/mol. The fourth-order valence-corrected chi connectivity index (χ4v) is 2.04. The zero-order valence-electron chi connectivity index (χ0n) is 13.3. The molecule has 2 N–H and O–H groups in total. The lowest BCUT2D eigenvalue weighted by atomic mass is 10.1. The summed E-state index contributed by atoms with van der Waals surface area (Å²) in [7, 11) is 0. The second-order valence-electron chi connectivity index (χ2n) is 5.13. The van der Waals surface area contributed by atoms with Crippen LogP contribution in [0.4, 0.5) is 11.4 Å². The van der Waals surface area contributed by atoms with Gasteiger partial charge in [-0.15, -0.1) is 0 Å². The van der Waals surface area contributed by atoms with Crippen molar-refractivity contribution < 1.29 is 4.79 Å². The maximum absolute atomic E-state index is 12.2. The first kappa shape index (κ1) is 16.3. The number of carbonyl (C=O) groups is 1. The van der Waals surface area contributed by atoms with Crippen LogP contribution in [0.1, 0.15) is 18.1 Å². The number of nitrogens with one attached hydrogen (secondary N) is 2. The van der Waals surface area contributed by atoms with E-state index in [1.165, 1.54) is 11.8 Å². The van der Waals surface area contributed by atoms with E-state index in [0.29, 0.717) is 5.69 Å². The van der Waals surface area contributed by atoms with Crippen molar-refractivity contribution in [2.45, 2.75) is 20.3 Å². The molecule has 0 atom stereocenters. The second-order valence-corrected chi connectivity index (χ2v) is 5.13. The standard InChI is InChI=1S/C19H19N3O/c1-3-15-8-10-17(11-9-15)21-13-16(12-20)19(23)22-18-7-5-4-6-14(18)2/h4-11,13,21H,3H2,1-2H3,(H,22,23)/b16-13-. The summed E-state index contributed by atoms with van der Waals surface area (Å²) in [6.07, 6.45) is 2.40. The first-order valence-electron chi connectivity index (χ1n) is 7.46. The number of rotatable bonds is 5. The highest BCUT2D eigenvalue weighted by molar-refractivity contribution is 6.07. The van der Waals surface area contributed by atoms with Gasteiger partial charge >= 0.3 is 0 Å². The molecule has 4 nitrogen and oxygen atoms in total. The lowest BCUT2D eigenvalue weighted by molar-refractivity contribution is -0.112. The number of hydrogen-bond acceptors (Lipinski definition) is 3. The minimum atomic E-state index is -0.431. The van der Waals surface area contributed by atoms with Crippen molar-refractivity contribution >= 4 is 17.3 Å². The third kappa shape index (κ3) is 4.45. The number of benzene rings is 2. The molecule has 4 heteroatoms. The van der Waals surface area contributed by atoms with Gasteiger partial charge < -0.3 is 10.6 Å². The Hall–Kier alpha value is -3.06. The molecule has 0 radical (unpaired) electrons. The topological polar surface area (TPSA) is 64.9 Å². The molecular formula is C19H19N3O. The summed E-state index contributed by atoms with van der Waals surface area (Å²) in [4.78, 5) is 12.2. The lowest BCUT2D eigenvalue weighted by Crippen LogP contribution is -2.15. The minimum absolute atomic E-state index is 0.0211. The molecule has 1 amide bonds. The van der Waals surface area contributed by atoms with Gasteiger partial charge in [-0.2, -0.15) is 5.26 Å². The summed E-state index contributed by atoms with van der Waals surface area (Å²) in [5, 5.41) is 14.9. The average Bonchev–Trinajstić information content (AvgIpc) is 2.58. The molecule has 0 aliphatic rings. The van der Waals surface area contributed by atoms with Crippen molar-refractivity contribution in [3.8, 4) is 6.07 Å². The molecule has 0 fully saturated rings. The number of amides is 1. The van der Waals surface area contributed by atoms with Crippen LogP contribution in [0, 0.1) is 18.3 Å². The maximum atomic E-state index is 12.2. The zero-order chi connectivity index (χ0) is 16.7. The van der Waals surface area contributed by atoms with Gasteiger partial charge in [0.15, 0.2) is 0 Å².